The van der Waals surface area contributed by atoms with Gasteiger partial charge in [0.25, 0.3) is 0 Å². The molecule has 0 unspecified atom stereocenters. The molecule has 4 rings (SSSR count). The van der Waals surface area contributed by atoms with E-state index < -0.39 is 17.8 Å². The van der Waals surface area contributed by atoms with Crippen LogP contribution in [-0.4, -0.2) is 38.1 Å². The summed E-state index contributed by atoms with van der Waals surface area (Å²) < 4.78 is 43.8. The highest BCUT2D eigenvalue weighted by molar-refractivity contribution is 7.80. The zero-order chi connectivity index (χ0) is 34.1. The van der Waals surface area contributed by atoms with Gasteiger partial charge in [-0.15, -0.1) is 0 Å². The third-order valence-corrected chi connectivity index (χ3v) is 8.30. The summed E-state index contributed by atoms with van der Waals surface area (Å²) in [6.45, 7) is 6.39. The van der Waals surface area contributed by atoms with Crippen molar-refractivity contribution in [2.75, 3.05) is 11.9 Å². The number of imidazole rings is 1. The van der Waals surface area contributed by atoms with Gasteiger partial charge in [-0.25, -0.2) is 4.98 Å². The molecule has 0 radical (unpaired) electrons. The molecule has 0 aliphatic rings. The highest BCUT2D eigenvalue weighted by Gasteiger charge is 2.34. The Labute approximate surface area is 283 Å². The SMILES string of the molecule is Cc1ccc(NC(=S)N(Cc2ccccc2C(F)(F)F)C[C@H](CC(C)C)NC(=O)Cc2cncn2Cc2ccc(C#N)cc2)cc1Cl. The molecule has 1 atom stereocenters. The molecule has 7 nitrogen and oxygen atoms in total. The van der Waals surface area contributed by atoms with Crippen molar-refractivity contribution in [1.29, 1.82) is 5.26 Å². The number of rotatable bonds is 12. The molecule has 0 spiro atoms. The average molecular weight is 681 g/mol. The lowest BCUT2D eigenvalue weighted by Gasteiger charge is -2.32. The molecule has 0 bridgehead atoms. The van der Waals surface area contributed by atoms with Gasteiger partial charge in [0.15, 0.2) is 5.11 Å². The molecular formula is C35H36ClF3N6OS. The maximum atomic E-state index is 14.0. The molecule has 12 heteroatoms. The van der Waals surface area contributed by atoms with E-state index in [1.165, 1.54) is 12.1 Å². The summed E-state index contributed by atoms with van der Waals surface area (Å²) in [6, 6.07) is 19.6. The number of aromatic nitrogens is 2. The minimum atomic E-state index is -4.55. The van der Waals surface area contributed by atoms with Crippen LogP contribution in [0.5, 0.6) is 0 Å². The topological polar surface area (TPSA) is 86.0 Å². The Morgan fingerprint density at radius 1 is 1.13 bits per heavy atom. The van der Waals surface area contributed by atoms with Gasteiger partial charge in [0, 0.05) is 48.3 Å². The van der Waals surface area contributed by atoms with Crippen molar-refractivity contribution in [3.63, 3.8) is 0 Å². The van der Waals surface area contributed by atoms with Gasteiger partial charge < -0.3 is 20.1 Å². The summed E-state index contributed by atoms with van der Waals surface area (Å²) in [7, 11) is 0. The van der Waals surface area contributed by atoms with E-state index in [0.717, 1.165) is 17.2 Å². The lowest BCUT2D eigenvalue weighted by molar-refractivity contribution is -0.138. The number of halogens is 4. The third-order valence-electron chi connectivity index (χ3n) is 7.53. The normalized spacial score (nSPS) is 12.0. The molecule has 47 heavy (non-hydrogen) atoms. The second kappa shape index (κ2) is 15.9. The fourth-order valence-corrected chi connectivity index (χ4v) is 5.65. The van der Waals surface area contributed by atoms with Crippen LogP contribution in [0.15, 0.2) is 79.3 Å². The van der Waals surface area contributed by atoms with E-state index in [1.54, 1.807) is 47.8 Å². The van der Waals surface area contributed by atoms with Crippen LogP contribution in [0.2, 0.25) is 5.02 Å². The number of hydrogen-bond acceptors (Lipinski definition) is 4. The minimum absolute atomic E-state index is 0.0480. The van der Waals surface area contributed by atoms with Crippen LogP contribution < -0.4 is 10.6 Å². The Balaban J connectivity index is 1.54. The Kier molecular flexibility index (Phi) is 12.0. The zero-order valence-electron chi connectivity index (χ0n) is 26.3. The fraction of sp³-hybridized carbons (Fsp3) is 0.314. The Bertz CT molecular complexity index is 1730. The lowest BCUT2D eigenvalue weighted by Crippen LogP contribution is -2.47. The summed E-state index contributed by atoms with van der Waals surface area (Å²) in [5.74, 6) is -0.0824. The predicted molar refractivity (Wildman–Crippen MR) is 182 cm³/mol. The highest BCUT2D eigenvalue weighted by Crippen LogP contribution is 2.32. The molecule has 0 saturated heterocycles. The van der Waals surface area contributed by atoms with Gasteiger partial charge in [-0.1, -0.05) is 61.8 Å². The number of carbonyl (C=O) groups is 1. The second-order valence-corrected chi connectivity index (χ2v) is 12.6. The smallest absolute Gasteiger partial charge is 0.351 e. The number of carbonyl (C=O) groups excluding carboxylic acids is 1. The van der Waals surface area contributed by atoms with Crippen LogP contribution in [0.4, 0.5) is 18.9 Å². The van der Waals surface area contributed by atoms with Crippen molar-refractivity contribution < 1.29 is 18.0 Å². The number of alkyl halides is 3. The highest BCUT2D eigenvalue weighted by atomic mass is 35.5. The number of aryl methyl sites for hydroxylation is 1. The van der Waals surface area contributed by atoms with Crippen LogP contribution in [0.3, 0.4) is 0 Å². The molecule has 1 heterocycles. The quantitative estimate of drug-likeness (QED) is 0.149. The van der Waals surface area contributed by atoms with E-state index in [1.807, 2.05) is 43.5 Å². The standard InChI is InChI=1S/C35H36ClF3N6OS/c1-23(2)14-29(42-33(46)16-30-18-41-22-45(30)19-26-11-9-25(17-40)10-12-26)21-44(20-27-6-4-5-7-31(27)35(37,38)39)34(47)43-28-13-8-24(3)32(36)15-28/h4-13,15,18,22-23,29H,14,16,19-21H2,1-3H3,(H,42,46)(H,43,47)/t29-/m0/s1. The Hall–Kier alpha value is -4.40. The predicted octanol–water partition coefficient (Wildman–Crippen LogP) is 7.76. The molecular weight excluding hydrogens is 645 g/mol. The van der Waals surface area contributed by atoms with Gasteiger partial charge in [0.2, 0.25) is 5.91 Å². The van der Waals surface area contributed by atoms with Crippen molar-refractivity contribution in [2.45, 2.75) is 58.9 Å². The first kappa shape index (κ1) is 35.5. The molecule has 1 amide bonds. The van der Waals surface area contributed by atoms with E-state index in [2.05, 4.69) is 21.7 Å². The van der Waals surface area contributed by atoms with Crippen LogP contribution >= 0.6 is 23.8 Å². The average Bonchev–Trinajstić information content (AvgIpc) is 3.44. The summed E-state index contributed by atoms with van der Waals surface area (Å²) in [5, 5.41) is 16.0. The van der Waals surface area contributed by atoms with Gasteiger partial charge in [0.1, 0.15) is 0 Å². The summed E-state index contributed by atoms with van der Waals surface area (Å²) in [6.07, 6.45) is -0.659. The van der Waals surface area contributed by atoms with Gasteiger partial charge in [-0.05, 0) is 78.5 Å². The van der Waals surface area contributed by atoms with Crippen molar-refractivity contribution >= 4 is 40.5 Å². The van der Waals surface area contributed by atoms with Crippen LogP contribution in [-0.2, 0) is 30.5 Å². The largest absolute Gasteiger partial charge is 0.416 e. The van der Waals surface area contributed by atoms with E-state index >= 15 is 0 Å². The molecule has 0 aliphatic heterocycles. The Morgan fingerprint density at radius 2 is 1.85 bits per heavy atom. The first-order valence-corrected chi connectivity index (χ1v) is 15.9. The van der Waals surface area contributed by atoms with E-state index in [4.69, 9.17) is 29.1 Å². The molecule has 0 saturated carbocycles. The van der Waals surface area contributed by atoms with E-state index in [0.29, 0.717) is 34.9 Å². The van der Waals surface area contributed by atoms with Crippen molar-refractivity contribution in [3.8, 4) is 6.07 Å². The monoisotopic (exact) mass is 680 g/mol. The zero-order valence-corrected chi connectivity index (χ0v) is 27.9. The fourth-order valence-electron chi connectivity index (χ4n) is 5.21. The number of anilines is 1. The molecule has 246 valence electrons. The number of thiocarbonyl (C=S) groups is 1. The van der Waals surface area contributed by atoms with E-state index in [-0.39, 0.29) is 42.0 Å². The molecule has 4 aromatic rings. The summed E-state index contributed by atoms with van der Waals surface area (Å²) in [5.41, 5.74) is 2.99. The lowest BCUT2D eigenvalue weighted by atomic mass is 10.0. The first-order chi connectivity index (χ1) is 22.3. The Morgan fingerprint density at radius 3 is 2.51 bits per heavy atom. The van der Waals surface area contributed by atoms with Crippen molar-refractivity contribution in [3.05, 3.63) is 118 Å². The minimum Gasteiger partial charge on any atom is -0.351 e. The van der Waals surface area contributed by atoms with Crippen LogP contribution in [0.25, 0.3) is 0 Å². The number of hydrogen-bond donors (Lipinski definition) is 2. The molecule has 2 N–H and O–H groups in total. The number of nitriles is 1. The molecule has 1 aromatic heterocycles. The summed E-state index contributed by atoms with van der Waals surface area (Å²) in [4.78, 5) is 19.3. The number of nitrogens with one attached hydrogen (secondary N) is 2. The number of amides is 1. The molecule has 0 aliphatic carbocycles. The van der Waals surface area contributed by atoms with Gasteiger partial charge >= 0.3 is 6.18 Å². The second-order valence-electron chi connectivity index (χ2n) is 11.8. The third kappa shape index (κ3) is 10.3. The number of benzene rings is 3. The van der Waals surface area contributed by atoms with Gasteiger partial charge in [-0.2, -0.15) is 18.4 Å². The molecule has 3 aromatic carbocycles. The van der Waals surface area contributed by atoms with Crippen LogP contribution in [0.1, 0.15) is 53.8 Å². The van der Waals surface area contributed by atoms with Gasteiger partial charge in [-0.3, -0.25) is 4.79 Å². The van der Waals surface area contributed by atoms with Crippen molar-refractivity contribution in [2.24, 2.45) is 5.92 Å². The van der Waals surface area contributed by atoms with E-state index in [9.17, 15) is 18.0 Å². The van der Waals surface area contributed by atoms with Crippen molar-refractivity contribution in [1.82, 2.24) is 19.8 Å². The maximum absolute atomic E-state index is 14.0. The first-order valence-electron chi connectivity index (χ1n) is 15.1. The van der Waals surface area contributed by atoms with Gasteiger partial charge in [0.05, 0.1) is 29.9 Å². The number of nitrogens with zero attached hydrogens (tertiary/aromatic N) is 4. The molecule has 0 fully saturated rings. The summed E-state index contributed by atoms with van der Waals surface area (Å²) >= 11 is 12.1. The van der Waals surface area contributed by atoms with Crippen LogP contribution in [0, 0.1) is 24.2 Å². The maximum Gasteiger partial charge on any atom is 0.416 e.